The van der Waals surface area contributed by atoms with Crippen LogP contribution in [0, 0.1) is 23.7 Å². The average molecular weight is 289 g/mol. The van der Waals surface area contributed by atoms with Gasteiger partial charge in [-0.2, -0.15) is 0 Å². The minimum Gasteiger partial charge on any atom is -0.123 e. The van der Waals surface area contributed by atoms with E-state index in [4.69, 9.17) is 23.2 Å². The Morgan fingerprint density at radius 3 is 1.22 bits per heavy atom. The molecule has 0 spiro atoms. The summed E-state index contributed by atoms with van der Waals surface area (Å²) in [5.74, 6) is 3.39. The molecule has 6 aliphatic rings. The SMILES string of the molecule is ClC1CC2CCC3CCC(CCC1CC2)C(Cl)C3. The largest absolute Gasteiger partial charge is 0.123 e. The lowest BCUT2D eigenvalue weighted by molar-refractivity contribution is 0.181. The van der Waals surface area contributed by atoms with Crippen LogP contribution in [0.1, 0.15) is 64.2 Å². The van der Waals surface area contributed by atoms with E-state index in [-0.39, 0.29) is 0 Å². The van der Waals surface area contributed by atoms with E-state index in [1.807, 2.05) is 0 Å². The van der Waals surface area contributed by atoms with E-state index in [0.717, 1.165) is 23.7 Å². The van der Waals surface area contributed by atoms with Crippen LogP contribution in [0.15, 0.2) is 0 Å². The zero-order chi connectivity index (χ0) is 12.5. The van der Waals surface area contributed by atoms with Gasteiger partial charge >= 0.3 is 0 Å². The smallest absolute Gasteiger partial charge is 0.0366 e. The lowest BCUT2D eigenvalue weighted by atomic mass is 9.71. The molecule has 0 aromatic carbocycles. The van der Waals surface area contributed by atoms with Crippen molar-refractivity contribution in [1.29, 1.82) is 0 Å². The average Bonchev–Trinajstić information content (AvgIpc) is 2.34. The highest BCUT2D eigenvalue weighted by Gasteiger charge is 2.34. The molecule has 6 rings (SSSR count). The monoisotopic (exact) mass is 288 g/mol. The van der Waals surface area contributed by atoms with Gasteiger partial charge in [0.05, 0.1) is 0 Å². The molecule has 0 aromatic rings. The number of hydrogen-bond donors (Lipinski definition) is 0. The molecule has 0 aliphatic heterocycles. The van der Waals surface area contributed by atoms with E-state index < -0.39 is 0 Å². The van der Waals surface area contributed by atoms with E-state index in [0.29, 0.717) is 10.8 Å². The Balaban J connectivity index is 1.70. The molecule has 4 bridgehead atoms. The van der Waals surface area contributed by atoms with Crippen molar-refractivity contribution in [3.63, 3.8) is 0 Å². The van der Waals surface area contributed by atoms with Crippen LogP contribution in [0.3, 0.4) is 0 Å². The first kappa shape index (κ1) is 13.6. The molecule has 0 heterocycles. The van der Waals surface area contributed by atoms with Gasteiger partial charge in [-0.3, -0.25) is 0 Å². The van der Waals surface area contributed by atoms with Gasteiger partial charge in [-0.25, -0.2) is 0 Å². The normalized spacial score (nSPS) is 49.7. The molecule has 18 heavy (non-hydrogen) atoms. The van der Waals surface area contributed by atoms with Gasteiger partial charge in [0.25, 0.3) is 0 Å². The Kier molecular flexibility index (Phi) is 4.46. The predicted molar refractivity (Wildman–Crippen MR) is 79.4 cm³/mol. The lowest BCUT2D eigenvalue weighted by Gasteiger charge is -2.39. The Labute approximate surface area is 122 Å². The van der Waals surface area contributed by atoms with E-state index >= 15 is 0 Å². The van der Waals surface area contributed by atoms with Crippen LogP contribution in [0.5, 0.6) is 0 Å². The van der Waals surface area contributed by atoms with Crippen molar-refractivity contribution < 1.29 is 0 Å². The van der Waals surface area contributed by atoms with Crippen LogP contribution < -0.4 is 0 Å². The third kappa shape index (κ3) is 3.01. The summed E-state index contributed by atoms with van der Waals surface area (Å²) in [5.41, 5.74) is 0. The number of hydrogen-bond acceptors (Lipinski definition) is 0. The minimum absolute atomic E-state index is 0.454. The molecule has 0 saturated heterocycles. The first-order valence-corrected chi connectivity index (χ1v) is 8.87. The van der Waals surface area contributed by atoms with E-state index in [1.54, 1.807) is 0 Å². The molecule has 0 nitrogen and oxygen atoms in total. The maximum Gasteiger partial charge on any atom is 0.0366 e. The van der Waals surface area contributed by atoms with Crippen LogP contribution in [-0.2, 0) is 0 Å². The van der Waals surface area contributed by atoms with E-state index in [2.05, 4.69) is 0 Å². The van der Waals surface area contributed by atoms with Crippen LogP contribution in [0.25, 0.3) is 0 Å². The molecule has 0 N–H and O–H groups in total. The zero-order valence-electron chi connectivity index (χ0n) is 11.3. The predicted octanol–water partition coefficient (Wildman–Crippen LogP) is 5.61. The maximum atomic E-state index is 6.62. The molecule has 6 saturated carbocycles. The fourth-order valence-electron chi connectivity index (χ4n) is 4.59. The summed E-state index contributed by atoms with van der Waals surface area (Å²) in [6.45, 7) is 0. The fourth-order valence-corrected chi connectivity index (χ4v) is 5.60. The first-order chi connectivity index (χ1) is 8.72. The van der Waals surface area contributed by atoms with Crippen LogP contribution in [0.4, 0.5) is 0 Å². The number of rotatable bonds is 0. The molecule has 0 aromatic heterocycles. The Bertz CT molecular complexity index is 250. The van der Waals surface area contributed by atoms with Crippen LogP contribution in [0.2, 0.25) is 0 Å². The molecule has 0 radical (unpaired) electrons. The summed E-state index contributed by atoms with van der Waals surface area (Å²) < 4.78 is 0. The molecule has 6 fully saturated rings. The molecular weight excluding hydrogens is 263 g/mol. The van der Waals surface area contributed by atoms with Crippen LogP contribution in [-0.4, -0.2) is 10.8 Å². The summed E-state index contributed by atoms with van der Waals surface area (Å²) in [5, 5.41) is 0.908. The third-order valence-corrected chi connectivity index (χ3v) is 6.99. The maximum absolute atomic E-state index is 6.62. The third-order valence-electron chi connectivity index (χ3n) is 5.92. The second kappa shape index (κ2) is 5.92. The van der Waals surface area contributed by atoms with Gasteiger partial charge in [-0.15, -0.1) is 23.2 Å². The quantitative estimate of drug-likeness (QED) is 0.509. The summed E-state index contributed by atoms with van der Waals surface area (Å²) in [7, 11) is 0. The van der Waals surface area contributed by atoms with Gasteiger partial charge in [-0.1, -0.05) is 25.7 Å². The summed E-state index contributed by atoms with van der Waals surface area (Å²) in [6.07, 6.45) is 13.7. The van der Waals surface area contributed by atoms with Gasteiger partial charge in [-0.05, 0) is 62.2 Å². The van der Waals surface area contributed by atoms with Gasteiger partial charge in [0, 0.05) is 10.8 Å². The van der Waals surface area contributed by atoms with Crippen LogP contribution >= 0.6 is 23.2 Å². The minimum atomic E-state index is 0.454. The Hall–Kier alpha value is 0.580. The summed E-state index contributed by atoms with van der Waals surface area (Å²) >= 11 is 13.2. The molecule has 0 amide bonds. The molecule has 6 unspecified atom stereocenters. The summed E-state index contributed by atoms with van der Waals surface area (Å²) in [6, 6.07) is 0. The van der Waals surface area contributed by atoms with Crippen molar-refractivity contribution in [2.24, 2.45) is 23.7 Å². The number of halogens is 2. The van der Waals surface area contributed by atoms with Crippen molar-refractivity contribution in [1.82, 2.24) is 0 Å². The Morgan fingerprint density at radius 1 is 0.500 bits per heavy atom. The highest BCUT2D eigenvalue weighted by Crippen LogP contribution is 2.44. The van der Waals surface area contributed by atoms with Gasteiger partial charge in [0.15, 0.2) is 0 Å². The molecule has 6 atom stereocenters. The van der Waals surface area contributed by atoms with Crippen molar-refractivity contribution in [2.75, 3.05) is 0 Å². The van der Waals surface area contributed by atoms with Gasteiger partial charge < -0.3 is 0 Å². The molecule has 6 aliphatic carbocycles. The molecule has 2 heteroatoms. The molecule has 104 valence electrons. The fraction of sp³-hybridized carbons (Fsp3) is 1.00. The van der Waals surface area contributed by atoms with E-state index in [9.17, 15) is 0 Å². The zero-order valence-corrected chi connectivity index (χ0v) is 12.8. The molecular formula is C16H26Cl2. The first-order valence-electron chi connectivity index (χ1n) is 8.00. The highest BCUT2D eigenvalue weighted by atomic mass is 35.5. The second-order valence-electron chi connectivity index (χ2n) is 7.07. The highest BCUT2D eigenvalue weighted by molar-refractivity contribution is 6.21. The van der Waals surface area contributed by atoms with Crippen molar-refractivity contribution in [3.05, 3.63) is 0 Å². The van der Waals surface area contributed by atoms with Gasteiger partial charge in [0.2, 0.25) is 0 Å². The second-order valence-corrected chi connectivity index (χ2v) is 8.19. The standard InChI is InChI=1S/C16H26Cl2/c17-15-9-11-1-2-12-4-6-14(16(18)10-12)8-7-13(15)5-3-11/h11-16H,1-10H2. The van der Waals surface area contributed by atoms with Crippen molar-refractivity contribution in [3.8, 4) is 0 Å². The van der Waals surface area contributed by atoms with Crippen molar-refractivity contribution in [2.45, 2.75) is 75.0 Å². The lowest BCUT2D eigenvalue weighted by Crippen LogP contribution is -2.31. The topological polar surface area (TPSA) is 0 Å². The van der Waals surface area contributed by atoms with Gasteiger partial charge in [0.1, 0.15) is 0 Å². The Morgan fingerprint density at radius 2 is 0.833 bits per heavy atom. The summed E-state index contributed by atoms with van der Waals surface area (Å²) in [4.78, 5) is 0. The van der Waals surface area contributed by atoms with Crippen molar-refractivity contribution >= 4 is 23.2 Å². The van der Waals surface area contributed by atoms with E-state index in [1.165, 1.54) is 64.2 Å². The number of alkyl halides is 2.